The van der Waals surface area contributed by atoms with Crippen LogP contribution in [0.25, 0.3) is 10.8 Å². The van der Waals surface area contributed by atoms with Gasteiger partial charge in [-0.25, -0.2) is 0 Å². The van der Waals surface area contributed by atoms with Crippen LogP contribution in [0.15, 0.2) is 30.5 Å². The van der Waals surface area contributed by atoms with Gasteiger partial charge in [-0.3, -0.25) is 9.88 Å². The van der Waals surface area contributed by atoms with E-state index in [2.05, 4.69) is 42.3 Å². The summed E-state index contributed by atoms with van der Waals surface area (Å²) in [6.07, 6.45) is 8.87. The number of hydrogen-bond acceptors (Lipinski definition) is 2. The first-order valence-corrected chi connectivity index (χ1v) is 8.37. The third kappa shape index (κ3) is 2.46. The largest absolute Gasteiger partial charge is 0.298 e. The predicted octanol–water partition coefficient (Wildman–Crippen LogP) is 4.17. The normalized spacial score (nSPS) is 21.0. The summed E-state index contributed by atoms with van der Waals surface area (Å²) in [5, 5.41) is 2.75. The molecule has 1 saturated carbocycles. The molecule has 2 fully saturated rings. The lowest BCUT2D eigenvalue weighted by Gasteiger charge is -2.33. The van der Waals surface area contributed by atoms with E-state index in [4.69, 9.17) is 4.98 Å². The van der Waals surface area contributed by atoms with Crippen LogP contribution in [0.4, 0.5) is 0 Å². The molecule has 1 aliphatic carbocycles. The highest BCUT2D eigenvalue weighted by atomic mass is 15.1. The summed E-state index contributed by atoms with van der Waals surface area (Å²) in [5.74, 6) is 0. The van der Waals surface area contributed by atoms with Gasteiger partial charge in [0.05, 0.1) is 0 Å². The van der Waals surface area contributed by atoms with Crippen LogP contribution in [0, 0.1) is 5.41 Å². The van der Waals surface area contributed by atoms with Crippen LogP contribution >= 0.6 is 0 Å². The molecule has 2 aromatic rings. The van der Waals surface area contributed by atoms with Gasteiger partial charge < -0.3 is 0 Å². The molecule has 1 aromatic heterocycles. The summed E-state index contributed by atoms with van der Waals surface area (Å²) in [6, 6.07) is 8.78. The Hall–Kier alpha value is -1.41. The molecule has 2 heteroatoms. The molecule has 21 heavy (non-hydrogen) atoms. The van der Waals surface area contributed by atoms with E-state index in [9.17, 15) is 0 Å². The van der Waals surface area contributed by atoms with E-state index in [0.29, 0.717) is 5.41 Å². The molecule has 0 atom stereocenters. The molecule has 0 N–H and O–H groups in total. The van der Waals surface area contributed by atoms with Gasteiger partial charge in [0.25, 0.3) is 0 Å². The van der Waals surface area contributed by atoms with Crippen LogP contribution in [0.3, 0.4) is 0 Å². The number of nitrogens with zero attached hydrogens (tertiary/aromatic N) is 2. The highest BCUT2D eigenvalue weighted by molar-refractivity contribution is 5.87. The maximum Gasteiger partial charge on any atom is 0.0479 e. The van der Waals surface area contributed by atoms with Gasteiger partial charge in [0, 0.05) is 30.4 Å². The van der Waals surface area contributed by atoms with Crippen molar-refractivity contribution in [1.82, 2.24) is 9.88 Å². The average Bonchev–Trinajstić information content (AvgIpc) is 3.26. The quantitative estimate of drug-likeness (QED) is 0.838. The van der Waals surface area contributed by atoms with Crippen LogP contribution in [-0.2, 0) is 13.0 Å². The summed E-state index contributed by atoms with van der Waals surface area (Å²) >= 11 is 0. The number of fused-ring (bicyclic) bond motifs is 1. The van der Waals surface area contributed by atoms with Crippen LogP contribution in [0.2, 0.25) is 0 Å². The first-order valence-electron chi connectivity index (χ1n) is 8.37. The fraction of sp³-hybridized carbons (Fsp3) is 0.526. The first kappa shape index (κ1) is 13.3. The van der Waals surface area contributed by atoms with Crippen molar-refractivity contribution in [2.45, 2.75) is 45.6 Å². The Morgan fingerprint density at radius 2 is 1.95 bits per heavy atom. The summed E-state index contributed by atoms with van der Waals surface area (Å²) in [7, 11) is 0. The second kappa shape index (κ2) is 5.10. The Balaban J connectivity index is 1.64. The maximum atomic E-state index is 4.72. The summed E-state index contributed by atoms with van der Waals surface area (Å²) in [6.45, 7) is 5.82. The molecule has 1 spiro atoms. The van der Waals surface area contributed by atoms with Crippen molar-refractivity contribution in [2.24, 2.45) is 5.41 Å². The van der Waals surface area contributed by atoms with Crippen LogP contribution < -0.4 is 0 Å². The van der Waals surface area contributed by atoms with Crippen molar-refractivity contribution < 1.29 is 0 Å². The van der Waals surface area contributed by atoms with Gasteiger partial charge in [-0.15, -0.1) is 0 Å². The number of piperidine rings is 1. The molecule has 110 valence electrons. The molecular weight excluding hydrogens is 256 g/mol. The van der Waals surface area contributed by atoms with E-state index in [1.807, 2.05) is 0 Å². The van der Waals surface area contributed by atoms with Crippen molar-refractivity contribution in [1.29, 1.82) is 0 Å². The highest BCUT2D eigenvalue weighted by Crippen LogP contribution is 2.52. The van der Waals surface area contributed by atoms with E-state index in [-0.39, 0.29) is 0 Å². The molecule has 1 saturated heterocycles. The third-order valence-electron chi connectivity index (χ3n) is 5.39. The summed E-state index contributed by atoms with van der Waals surface area (Å²) in [4.78, 5) is 7.37. The van der Waals surface area contributed by atoms with Crippen LogP contribution in [-0.4, -0.2) is 23.0 Å². The molecule has 0 bridgehead atoms. The summed E-state index contributed by atoms with van der Waals surface area (Å²) in [5.41, 5.74) is 3.33. The molecule has 0 radical (unpaired) electrons. The molecule has 1 aliphatic heterocycles. The van der Waals surface area contributed by atoms with Crippen molar-refractivity contribution >= 4 is 10.8 Å². The number of rotatable bonds is 3. The molecule has 4 rings (SSSR count). The van der Waals surface area contributed by atoms with E-state index in [0.717, 1.165) is 13.0 Å². The van der Waals surface area contributed by atoms with Crippen molar-refractivity contribution in [3.63, 3.8) is 0 Å². The summed E-state index contributed by atoms with van der Waals surface area (Å²) < 4.78 is 0. The van der Waals surface area contributed by atoms with Crippen LogP contribution in [0.1, 0.15) is 43.9 Å². The first-order chi connectivity index (χ1) is 10.3. The minimum atomic E-state index is 0.699. The number of aryl methyl sites for hydroxylation is 1. The van der Waals surface area contributed by atoms with Gasteiger partial charge in [-0.05, 0) is 55.0 Å². The molecule has 1 aromatic carbocycles. The number of pyridine rings is 1. The van der Waals surface area contributed by atoms with Gasteiger partial charge in [-0.1, -0.05) is 31.2 Å². The lowest BCUT2D eigenvalue weighted by molar-refractivity contribution is 0.154. The van der Waals surface area contributed by atoms with Crippen LogP contribution in [0.5, 0.6) is 0 Å². The topological polar surface area (TPSA) is 16.1 Å². The number of benzene rings is 1. The Morgan fingerprint density at radius 1 is 1.14 bits per heavy atom. The Bertz CT molecular complexity index is 658. The molecular formula is C19H24N2. The lowest BCUT2D eigenvalue weighted by atomic mass is 9.94. The zero-order valence-corrected chi connectivity index (χ0v) is 12.9. The molecule has 2 nitrogen and oxygen atoms in total. The standard InChI is InChI=1S/C19H24N2/c1-2-18-17-7-4-3-6-16(17)15(12-20-18)13-21-11-5-8-19(14-21)9-10-19/h3-4,6-7,12H,2,5,8-11,13-14H2,1H3. The minimum Gasteiger partial charge on any atom is -0.298 e. The number of likely N-dealkylation sites (tertiary alicyclic amines) is 1. The average molecular weight is 280 g/mol. The fourth-order valence-corrected chi connectivity index (χ4v) is 3.99. The Kier molecular flexibility index (Phi) is 3.22. The zero-order chi connectivity index (χ0) is 14.3. The molecule has 2 aliphatic rings. The second-order valence-corrected chi connectivity index (χ2v) is 6.94. The Labute approximate surface area is 127 Å². The maximum absolute atomic E-state index is 4.72. The van der Waals surface area contributed by atoms with E-state index >= 15 is 0 Å². The SMILES string of the molecule is CCc1ncc(CN2CCCC3(CC3)C2)c2ccccc12. The zero-order valence-electron chi connectivity index (χ0n) is 12.9. The second-order valence-electron chi connectivity index (χ2n) is 6.94. The van der Waals surface area contributed by atoms with Crippen molar-refractivity contribution in [3.05, 3.63) is 41.7 Å². The third-order valence-corrected chi connectivity index (χ3v) is 5.39. The van der Waals surface area contributed by atoms with E-state index in [1.165, 1.54) is 60.8 Å². The molecule has 2 heterocycles. The molecule has 0 amide bonds. The van der Waals surface area contributed by atoms with Gasteiger partial charge in [-0.2, -0.15) is 0 Å². The Morgan fingerprint density at radius 3 is 2.71 bits per heavy atom. The van der Waals surface area contributed by atoms with Crippen molar-refractivity contribution in [3.8, 4) is 0 Å². The molecule has 0 unspecified atom stereocenters. The van der Waals surface area contributed by atoms with Gasteiger partial charge in [0.1, 0.15) is 0 Å². The number of aromatic nitrogens is 1. The fourth-order valence-electron chi connectivity index (χ4n) is 3.99. The van der Waals surface area contributed by atoms with Gasteiger partial charge >= 0.3 is 0 Å². The smallest absolute Gasteiger partial charge is 0.0479 e. The van der Waals surface area contributed by atoms with E-state index in [1.54, 1.807) is 0 Å². The van der Waals surface area contributed by atoms with E-state index < -0.39 is 0 Å². The highest BCUT2D eigenvalue weighted by Gasteiger charge is 2.45. The predicted molar refractivity (Wildman–Crippen MR) is 87.3 cm³/mol. The van der Waals surface area contributed by atoms with Crippen molar-refractivity contribution in [2.75, 3.05) is 13.1 Å². The van der Waals surface area contributed by atoms with Gasteiger partial charge in [0.15, 0.2) is 0 Å². The lowest BCUT2D eigenvalue weighted by Crippen LogP contribution is -2.35. The number of hydrogen-bond donors (Lipinski definition) is 0. The monoisotopic (exact) mass is 280 g/mol. The minimum absolute atomic E-state index is 0.699. The van der Waals surface area contributed by atoms with Gasteiger partial charge in [0.2, 0.25) is 0 Å².